The van der Waals surface area contributed by atoms with E-state index >= 15 is 0 Å². The zero-order valence-corrected chi connectivity index (χ0v) is 24.0. The molecule has 3 aromatic carbocycles. The Bertz CT molecular complexity index is 1170. The molecule has 214 valence electrons. The Morgan fingerprint density at radius 2 is 1.30 bits per heavy atom. The molecule has 0 N–H and O–H groups in total. The summed E-state index contributed by atoms with van der Waals surface area (Å²) in [5.41, 5.74) is 3.51. The summed E-state index contributed by atoms with van der Waals surface area (Å²) < 4.78 is 33.9. The predicted octanol–water partition coefficient (Wildman–Crippen LogP) is 7.67. The van der Waals surface area contributed by atoms with Crippen molar-refractivity contribution in [3.05, 3.63) is 95.6 Å². The lowest BCUT2D eigenvalue weighted by atomic mass is 10.0. The van der Waals surface area contributed by atoms with Crippen LogP contribution in [0.1, 0.15) is 55.7 Å². The molecule has 0 amide bonds. The standard InChI is InChI=1S/C34H42O6/c1-26(37-23-28-12-17-30(35-2)18-13-28)32(38-24-29-14-19-31(36-3)20-15-29)11-9-7-5-4-6-8-10-27-16-21-33-34(22-27)40-25-39-33/h9,11-22,26,32H,4-8,10,23-25H2,1-3H3/b11-9+/t26-,32-/m0/s1. The maximum atomic E-state index is 6.32. The molecular formula is C34H42O6. The van der Waals surface area contributed by atoms with E-state index in [2.05, 4.69) is 31.2 Å². The summed E-state index contributed by atoms with van der Waals surface area (Å²) in [5, 5.41) is 0. The summed E-state index contributed by atoms with van der Waals surface area (Å²) in [4.78, 5) is 0. The number of fused-ring (bicyclic) bond motifs is 1. The van der Waals surface area contributed by atoms with E-state index in [0.717, 1.165) is 53.4 Å². The number of unbranched alkanes of at least 4 members (excludes halogenated alkanes) is 4. The molecule has 0 aliphatic carbocycles. The van der Waals surface area contributed by atoms with Crippen molar-refractivity contribution in [1.29, 1.82) is 0 Å². The average molecular weight is 547 g/mol. The van der Waals surface area contributed by atoms with Crippen LogP contribution < -0.4 is 18.9 Å². The van der Waals surface area contributed by atoms with E-state index < -0.39 is 0 Å². The van der Waals surface area contributed by atoms with E-state index in [1.54, 1.807) is 14.2 Å². The Morgan fingerprint density at radius 3 is 1.98 bits per heavy atom. The number of ether oxygens (including phenoxy) is 6. The Balaban J connectivity index is 1.21. The number of hydrogen-bond donors (Lipinski definition) is 0. The van der Waals surface area contributed by atoms with Crippen molar-refractivity contribution in [2.75, 3.05) is 21.0 Å². The van der Waals surface area contributed by atoms with Crippen molar-refractivity contribution in [3.8, 4) is 23.0 Å². The largest absolute Gasteiger partial charge is 0.497 e. The number of benzene rings is 3. The van der Waals surface area contributed by atoms with Crippen molar-refractivity contribution < 1.29 is 28.4 Å². The van der Waals surface area contributed by atoms with Gasteiger partial charge in [-0.05, 0) is 85.7 Å². The van der Waals surface area contributed by atoms with E-state index in [1.807, 2.05) is 54.6 Å². The van der Waals surface area contributed by atoms with Gasteiger partial charge in [0.2, 0.25) is 6.79 Å². The molecule has 6 heteroatoms. The normalized spacial score (nSPS) is 13.9. The lowest BCUT2D eigenvalue weighted by Crippen LogP contribution is -2.27. The summed E-state index contributed by atoms with van der Waals surface area (Å²) in [6.45, 7) is 3.43. The molecule has 0 bridgehead atoms. The average Bonchev–Trinajstić information content (AvgIpc) is 3.47. The van der Waals surface area contributed by atoms with Gasteiger partial charge in [0.1, 0.15) is 17.6 Å². The van der Waals surface area contributed by atoms with Crippen LogP contribution in [0, 0.1) is 0 Å². The Hall–Kier alpha value is -3.48. The molecular weight excluding hydrogens is 504 g/mol. The molecule has 0 radical (unpaired) electrons. The topological polar surface area (TPSA) is 55.4 Å². The van der Waals surface area contributed by atoms with Crippen molar-refractivity contribution >= 4 is 0 Å². The molecule has 1 aliphatic rings. The SMILES string of the molecule is COc1ccc(CO[C@@H](C)[C@H](/C=C/CCCCCCc2ccc3c(c2)OCO3)OCc2ccc(OC)cc2)cc1. The van der Waals surface area contributed by atoms with Gasteiger partial charge < -0.3 is 28.4 Å². The third kappa shape index (κ3) is 9.32. The van der Waals surface area contributed by atoms with Gasteiger partial charge in [0.15, 0.2) is 11.5 Å². The molecule has 1 heterocycles. The van der Waals surface area contributed by atoms with Gasteiger partial charge in [-0.25, -0.2) is 0 Å². The van der Waals surface area contributed by atoms with Gasteiger partial charge in [0.05, 0.1) is 33.5 Å². The highest BCUT2D eigenvalue weighted by Crippen LogP contribution is 2.33. The third-order valence-corrected chi connectivity index (χ3v) is 7.09. The van der Waals surface area contributed by atoms with Gasteiger partial charge in [-0.1, -0.05) is 55.3 Å². The highest BCUT2D eigenvalue weighted by molar-refractivity contribution is 5.44. The van der Waals surface area contributed by atoms with E-state index in [0.29, 0.717) is 20.0 Å². The van der Waals surface area contributed by atoms with Crippen molar-refractivity contribution in [1.82, 2.24) is 0 Å². The summed E-state index contributed by atoms with van der Waals surface area (Å²) in [7, 11) is 3.35. The van der Waals surface area contributed by atoms with Crippen LogP contribution in [0.3, 0.4) is 0 Å². The molecule has 40 heavy (non-hydrogen) atoms. The van der Waals surface area contributed by atoms with Gasteiger partial charge >= 0.3 is 0 Å². The Morgan fingerprint density at radius 1 is 0.700 bits per heavy atom. The fourth-order valence-electron chi connectivity index (χ4n) is 4.58. The van der Waals surface area contributed by atoms with E-state index in [9.17, 15) is 0 Å². The van der Waals surface area contributed by atoms with Gasteiger partial charge in [0, 0.05) is 0 Å². The fraction of sp³-hybridized carbons (Fsp3) is 0.412. The second kappa shape index (κ2) is 15.9. The molecule has 0 fully saturated rings. The highest BCUT2D eigenvalue weighted by Gasteiger charge is 2.17. The van der Waals surface area contributed by atoms with Crippen LogP contribution in [0.5, 0.6) is 23.0 Å². The first kappa shape index (κ1) is 29.5. The minimum absolute atomic E-state index is 0.0988. The number of methoxy groups -OCH3 is 2. The molecule has 0 aromatic heterocycles. The summed E-state index contributed by atoms with van der Waals surface area (Å²) in [6.07, 6.45) is 11.0. The summed E-state index contributed by atoms with van der Waals surface area (Å²) >= 11 is 0. The Labute approximate surface area is 238 Å². The molecule has 3 aromatic rings. The summed E-state index contributed by atoms with van der Waals surface area (Å²) in [6, 6.07) is 22.2. The first-order valence-corrected chi connectivity index (χ1v) is 14.2. The van der Waals surface area contributed by atoms with Crippen molar-refractivity contribution in [2.24, 2.45) is 0 Å². The summed E-state index contributed by atoms with van der Waals surface area (Å²) in [5.74, 6) is 3.40. The first-order chi connectivity index (χ1) is 19.6. The second-order valence-corrected chi connectivity index (χ2v) is 10.1. The lowest BCUT2D eigenvalue weighted by Gasteiger charge is -2.22. The van der Waals surface area contributed by atoms with Gasteiger partial charge in [-0.15, -0.1) is 0 Å². The molecule has 0 saturated carbocycles. The highest BCUT2D eigenvalue weighted by atomic mass is 16.7. The smallest absolute Gasteiger partial charge is 0.231 e. The Kier molecular flexibility index (Phi) is 11.8. The van der Waals surface area contributed by atoms with Crippen molar-refractivity contribution in [2.45, 2.75) is 70.9 Å². The molecule has 6 nitrogen and oxygen atoms in total. The zero-order chi connectivity index (χ0) is 28.0. The molecule has 0 saturated heterocycles. The van der Waals surface area contributed by atoms with Crippen LogP contribution in [0.2, 0.25) is 0 Å². The van der Waals surface area contributed by atoms with Crippen molar-refractivity contribution in [3.63, 3.8) is 0 Å². The maximum Gasteiger partial charge on any atom is 0.231 e. The fourth-order valence-corrected chi connectivity index (χ4v) is 4.58. The monoisotopic (exact) mass is 546 g/mol. The predicted molar refractivity (Wildman–Crippen MR) is 157 cm³/mol. The van der Waals surface area contributed by atoms with Gasteiger partial charge in [0.25, 0.3) is 0 Å². The quantitative estimate of drug-likeness (QED) is 0.128. The third-order valence-electron chi connectivity index (χ3n) is 7.09. The zero-order valence-electron chi connectivity index (χ0n) is 24.0. The number of aryl methyl sites for hydroxylation is 1. The van der Waals surface area contributed by atoms with E-state index in [4.69, 9.17) is 28.4 Å². The number of allylic oxidation sites excluding steroid dienone is 1. The molecule has 0 unspecified atom stereocenters. The van der Waals surface area contributed by atoms with Crippen LogP contribution in [-0.2, 0) is 29.1 Å². The van der Waals surface area contributed by atoms with Crippen LogP contribution >= 0.6 is 0 Å². The number of hydrogen-bond acceptors (Lipinski definition) is 6. The van der Waals surface area contributed by atoms with E-state index in [1.165, 1.54) is 24.8 Å². The molecule has 1 aliphatic heterocycles. The first-order valence-electron chi connectivity index (χ1n) is 14.2. The van der Waals surface area contributed by atoms with Crippen LogP contribution in [0.25, 0.3) is 0 Å². The number of rotatable bonds is 17. The second-order valence-electron chi connectivity index (χ2n) is 10.1. The van der Waals surface area contributed by atoms with Gasteiger partial charge in [-0.2, -0.15) is 0 Å². The minimum atomic E-state index is -0.147. The van der Waals surface area contributed by atoms with Crippen LogP contribution in [-0.4, -0.2) is 33.2 Å². The molecule has 2 atom stereocenters. The van der Waals surface area contributed by atoms with E-state index in [-0.39, 0.29) is 12.2 Å². The molecule has 4 rings (SSSR count). The van der Waals surface area contributed by atoms with Gasteiger partial charge in [-0.3, -0.25) is 0 Å². The maximum absolute atomic E-state index is 6.32. The minimum Gasteiger partial charge on any atom is -0.497 e. The lowest BCUT2D eigenvalue weighted by molar-refractivity contribution is -0.0557. The molecule has 0 spiro atoms. The van der Waals surface area contributed by atoms with Crippen LogP contribution in [0.15, 0.2) is 78.9 Å². The van der Waals surface area contributed by atoms with Crippen LogP contribution in [0.4, 0.5) is 0 Å².